The fourth-order valence-electron chi connectivity index (χ4n) is 1.66. The number of nitrogens with two attached hydrogens (primary N) is 1. The third-order valence-corrected chi connectivity index (χ3v) is 2.51. The van der Waals surface area contributed by atoms with E-state index < -0.39 is 0 Å². The highest BCUT2D eigenvalue weighted by Crippen LogP contribution is 2.34. The summed E-state index contributed by atoms with van der Waals surface area (Å²) >= 11 is 0. The Hall–Kier alpha value is -2.77. The van der Waals surface area contributed by atoms with Gasteiger partial charge in [0, 0.05) is 18.8 Å². The van der Waals surface area contributed by atoms with Crippen LogP contribution in [0.15, 0.2) is 18.2 Å². The molecule has 1 aliphatic heterocycles. The normalized spacial score (nSPS) is 12.3. The molecule has 1 aliphatic rings. The number of ether oxygens (including phenoxy) is 2. The van der Waals surface area contributed by atoms with Gasteiger partial charge in [-0.3, -0.25) is 0 Å². The molecule has 0 bridgehead atoms. The van der Waals surface area contributed by atoms with Crippen LogP contribution in [0.4, 0.5) is 23.5 Å². The van der Waals surface area contributed by atoms with Crippen molar-refractivity contribution in [2.45, 2.75) is 0 Å². The van der Waals surface area contributed by atoms with Crippen LogP contribution in [-0.2, 0) is 0 Å². The second kappa shape index (κ2) is 4.48. The third-order valence-electron chi connectivity index (χ3n) is 2.51. The van der Waals surface area contributed by atoms with Crippen LogP contribution >= 0.6 is 0 Å². The Morgan fingerprint density at radius 3 is 2.74 bits per heavy atom. The van der Waals surface area contributed by atoms with Crippen molar-refractivity contribution in [3.05, 3.63) is 18.2 Å². The summed E-state index contributed by atoms with van der Waals surface area (Å²) in [5, 5.41) is 5.84. The van der Waals surface area contributed by atoms with Crippen LogP contribution < -0.4 is 25.8 Å². The van der Waals surface area contributed by atoms with Gasteiger partial charge in [0.1, 0.15) is 0 Å². The number of nitrogen functional groups attached to an aromatic ring is 1. The van der Waals surface area contributed by atoms with E-state index in [1.54, 1.807) is 13.1 Å². The van der Waals surface area contributed by atoms with Crippen molar-refractivity contribution in [1.82, 2.24) is 15.0 Å². The molecule has 8 nitrogen and oxygen atoms in total. The van der Waals surface area contributed by atoms with E-state index in [0.29, 0.717) is 17.6 Å². The molecule has 0 saturated heterocycles. The topological polar surface area (TPSA) is 107 Å². The van der Waals surface area contributed by atoms with E-state index in [4.69, 9.17) is 15.2 Å². The van der Waals surface area contributed by atoms with Crippen molar-refractivity contribution >= 4 is 23.5 Å². The highest BCUT2D eigenvalue weighted by atomic mass is 16.7. The lowest BCUT2D eigenvalue weighted by molar-refractivity contribution is 0.174. The molecule has 1 aromatic carbocycles. The maximum atomic E-state index is 5.59. The van der Waals surface area contributed by atoms with Crippen molar-refractivity contribution in [2.75, 3.05) is 30.2 Å². The smallest absolute Gasteiger partial charge is 0.233 e. The van der Waals surface area contributed by atoms with Crippen LogP contribution in [0.3, 0.4) is 0 Å². The lowest BCUT2D eigenvalue weighted by Crippen LogP contribution is -2.06. The second-order valence-electron chi connectivity index (χ2n) is 3.78. The van der Waals surface area contributed by atoms with E-state index in [9.17, 15) is 0 Å². The molecule has 0 atom stereocenters. The number of benzene rings is 1. The Balaban J connectivity index is 1.86. The Bertz CT molecular complexity index is 618. The van der Waals surface area contributed by atoms with Gasteiger partial charge >= 0.3 is 0 Å². The zero-order chi connectivity index (χ0) is 13.2. The molecule has 4 N–H and O–H groups in total. The van der Waals surface area contributed by atoms with E-state index in [0.717, 1.165) is 11.4 Å². The number of hydrogen-bond donors (Lipinski definition) is 3. The monoisotopic (exact) mass is 260 g/mol. The van der Waals surface area contributed by atoms with Crippen LogP contribution in [0.5, 0.6) is 11.5 Å². The van der Waals surface area contributed by atoms with Crippen molar-refractivity contribution < 1.29 is 9.47 Å². The lowest BCUT2D eigenvalue weighted by atomic mass is 10.3. The van der Waals surface area contributed by atoms with Gasteiger partial charge in [-0.1, -0.05) is 0 Å². The summed E-state index contributed by atoms with van der Waals surface area (Å²) < 4.78 is 10.5. The fraction of sp³-hybridized carbons (Fsp3) is 0.182. The number of fused-ring (bicyclic) bond motifs is 1. The predicted octanol–water partition coefficient (Wildman–Crippen LogP) is 0.968. The van der Waals surface area contributed by atoms with Gasteiger partial charge in [-0.25, -0.2) is 0 Å². The number of rotatable bonds is 3. The quantitative estimate of drug-likeness (QED) is 0.749. The lowest BCUT2D eigenvalue weighted by Gasteiger charge is -2.07. The first-order valence-electron chi connectivity index (χ1n) is 5.60. The first-order valence-corrected chi connectivity index (χ1v) is 5.60. The molecule has 2 heterocycles. The van der Waals surface area contributed by atoms with E-state index in [-0.39, 0.29) is 12.7 Å². The van der Waals surface area contributed by atoms with Gasteiger partial charge in [0.25, 0.3) is 0 Å². The molecular formula is C11H12N6O2. The highest BCUT2D eigenvalue weighted by molar-refractivity contribution is 5.61. The molecule has 0 saturated carbocycles. The largest absolute Gasteiger partial charge is 0.454 e. The number of hydrogen-bond acceptors (Lipinski definition) is 8. The average Bonchev–Trinajstić information content (AvgIpc) is 2.85. The minimum absolute atomic E-state index is 0.141. The van der Waals surface area contributed by atoms with Crippen LogP contribution in [0.25, 0.3) is 0 Å². The number of anilines is 4. The van der Waals surface area contributed by atoms with Gasteiger partial charge in [-0.15, -0.1) is 0 Å². The molecular weight excluding hydrogens is 248 g/mol. The van der Waals surface area contributed by atoms with Gasteiger partial charge in [0.15, 0.2) is 11.5 Å². The van der Waals surface area contributed by atoms with Crippen molar-refractivity contribution in [3.8, 4) is 11.5 Å². The van der Waals surface area contributed by atoms with Crippen molar-refractivity contribution in [3.63, 3.8) is 0 Å². The molecule has 1 aromatic heterocycles. The zero-order valence-electron chi connectivity index (χ0n) is 10.2. The molecule has 0 aliphatic carbocycles. The molecule has 0 unspecified atom stereocenters. The molecule has 0 spiro atoms. The van der Waals surface area contributed by atoms with Gasteiger partial charge < -0.3 is 25.8 Å². The van der Waals surface area contributed by atoms with Gasteiger partial charge in [0.2, 0.25) is 24.6 Å². The van der Waals surface area contributed by atoms with Crippen molar-refractivity contribution in [1.29, 1.82) is 0 Å². The molecule has 2 aromatic rings. The maximum absolute atomic E-state index is 5.59. The third kappa shape index (κ3) is 2.28. The summed E-state index contributed by atoms with van der Waals surface area (Å²) in [4.78, 5) is 12.1. The summed E-state index contributed by atoms with van der Waals surface area (Å²) in [5.41, 5.74) is 6.37. The van der Waals surface area contributed by atoms with Gasteiger partial charge in [-0.05, 0) is 12.1 Å². The van der Waals surface area contributed by atoms with Gasteiger partial charge in [-0.2, -0.15) is 15.0 Å². The number of nitrogens with zero attached hydrogens (tertiary/aromatic N) is 3. The molecule has 0 radical (unpaired) electrons. The molecule has 0 fully saturated rings. The van der Waals surface area contributed by atoms with Crippen LogP contribution in [0.2, 0.25) is 0 Å². The van der Waals surface area contributed by atoms with Crippen LogP contribution in [0.1, 0.15) is 0 Å². The highest BCUT2D eigenvalue weighted by Gasteiger charge is 2.13. The van der Waals surface area contributed by atoms with E-state index in [1.165, 1.54) is 0 Å². The fourth-order valence-corrected chi connectivity index (χ4v) is 1.66. The minimum Gasteiger partial charge on any atom is -0.454 e. The Morgan fingerprint density at radius 2 is 1.89 bits per heavy atom. The standard InChI is InChI=1S/C11H12N6O2/c1-13-10-15-9(12)16-11(17-10)14-6-2-3-7-8(4-6)19-5-18-7/h2-4H,5H2,1H3,(H4,12,13,14,15,16,17). The zero-order valence-corrected chi connectivity index (χ0v) is 10.2. The molecule has 3 rings (SSSR count). The van der Waals surface area contributed by atoms with E-state index in [2.05, 4.69) is 25.6 Å². The molecule has 19 heavy (non-hydrogen) atoms. The summed E-state index contributed by atoms with van der Waals surface area (Å²) in [6, 6.07) is 5.46. The molecule has 0 amide bonds. The predicted molar refractivity (Wildman–Crippen MR) is 69.6 cm³/mol. The van der Waals surface area contributed by atoms with E-state index >= 15 is 0 Å². The Morgan fingerprint density at radius 1 is 1.11 bits per heavy atom. The summed E-state index contributed by atoms with van der Waals surface area (Å²) in [5.74, 6) is 2.30. The summed E-state index contributed by atoms with van der Waals surface area (Å²) in [6.45, 7) is 0.237. The number of nitrogens with one attached hydrogen (secondary N) is 2. The Labute approximate surface area is 109 Å². The first kappa shape index (κ1) is 11.3. The van der Waals surface area contributed by atoms with Crippen LogP contribution in [-0.4, -0.2) is 28.8 Å². The van der Waals surface area contributed by atoms with Crippen LogP contribution in [0, 0.1) is 0 Å². The van der Waals surface area contributed by atoms with Gasteiger partial charge in [0.05, 0.1) is 0 Å². The molecule has 8 heteroatoms. The second-order valence-corrected chi connectivity index (χ2v) is 3.78. The first-order chi connectivity index (χ1) is 9.24. The Kier molecular flexibility index (Phi) is 2.67. The summed E-state index contributed by atoms with van der Waals surface area (Å²) in [6.07, 6.45) is 0. The number of aromatic nitrogens is 3. The average molecular weight is 260 g/mol. The minimum atomic E-state index is 0.141. The maximum Gasteiger partial charge on any atom is 0.233 e. The van der Waals surface area contributed by atoms with E-state index in [1.807, 2.05) is 12.1 Å². The van der Waals surface area contributed by atoms with Crippen molar-refractivity contribution in [2.24, 2.45) is 0 Å². The SMILES string of the molecule is CNc1nc(N)nc(Nc2ccc3c(c2)OCO3)n1. The molecule has 98 valence electrons. The summed E-state index contributed by atoms with van der Waals surface area (Å²) in [7, 11) is 1.71.